The maximum Gasteiger partial charge on any atom is 0.254 e. The summed E-state index contributed by atoms with van der Waals surface area (Å²) in [5.41, 5.74) is 4.83. The summed E-state index contributed by atoms with van der Waals surface area (Å²) in [4.78, 5) is 16.7. The van der Waals surface area contributed by atoms with Crippen LogP contribution in [-0.4, -0.2) is 54.6 Å². The number of hydrogen-bond donors (Lipinski definition) is 1. The smallest absolute Gasteiger partial charge is 0.254 e. The van der Waals surface area contributed by atoms with Gasteiger partial charge in [0.05, 0.1) is 19.0 Å². The van der Waals surface area contributed by atoms with Crippen molar-refractivity contribution in [3.05, 3.63) is 65.6 Å². The molecule has 0 saturated carbocycles. The van der Waals surface area contributed by atoms with E-state index in [2.05, 4.69) is 44.6 Å². The zero-order valence-electron chi connectivity index (χ0n) is 15.7. The minimum Gasteiger partial charge on any atom is -0.465 e. The number of allylic oxidation sites excluding steroid dienone is 1. The molecule has 0 radical (unpaired) electrons. The highest BCUT2D eigenvalue weighted by molar-refractivity contribution is 5.86. The number of hydrogen-bond acceptors (Lipinski definition) is 5. The molecule has 1 fully saturated rings. The van der Waals surface area contributed by atoms with Gasteiger partial charge in [-0.15, -0.1) is 0 Å². The number of piperazine rings is 1. The Morgan fingerprint density at radius 1 is 1.11 bits per heavy atom. The van der Waals surface area contributed by atoms with Gasteiger partial charge in [0.1, 0.15) is 5.76 Å². The fourth-order valence-corrected chi connectivity index (χ4v) is 3.03. The second kappa shape index (κ2) is 9.85. The Morgan fingerprint density at radius 3 is 2.56 bits per heavy atom. The SMILES string of the molecule is CC(/C=N\NC(=O)CN1CCN(Cc2ccccc2)CC1)=C/c1ccco1. The summed E-state index contributed by atoms with van der Waals surface area (Å²) in [6.07, 6.45) is 5.11. The number of hydrazone groups is 1. The first kappa shape index (κ1) is 19.1. The molecule has 1 aliphatic heterocycles. The predicted octanol–water partition coefficient (Wildman–Crippen LogP) is 2.60. The number of nitrogens with zero attached hydrogens (tertiary/aromatic N) is 3. The van der Waals surface area contributed by atoms with Gasteiger partial charge in [-0.05, 0) is 36.3 Å². The van der Waals surface area contributed by atoms with E-state index in [0.717, 1.165) is 44.1 Å². The summed E-state index contributed by atoms with van der Waals surface area (Å²) in [5, 5.41) is 4.02. The van der Waals surface area contributed by atoms with Gasteiger partial charge >= 0.3 is 0 Å². The highest BCUT2D eigenvalue weighted by Gasteiger charge is 2.18. The van der Waals surface area contributed by atoms with E-state index in [9.17, 15) is 4.79 Å². The average Bonchev–Trinajstić information content (AvgIpc) is 3.17. The Bertz CT molecular complexity index is 761. The third-order valence-corrected chi connectivity index (χ3v) is 4.45. The standard InChI is InChI=1S/C21H26N4O2/c1-18(14-20-8-5-13-27-20)15-22-23-21(26)17-25-11-9-24(10-12-25)16-19-6-3-2-4-7-19/h2-8,13-15H,9-12,16-17H2,1H3,(H,23,26)/b18-14-,22-15-. The molecule has 0 aliphatic carbocycles. The highest BCUT2D eigenvalue weighted by Crippen LogP contribution is 2.08. The Labute approximate surface area is 160 Å². The molecule has 1 N–H and O–H groups in total. The lowest BCUT2D eigenvalue weighted by Gasteiger charge is -2.34. The molecular weight excluding hydrogens is 340 g/mol. The second-order valence-corrected chi connectivity index (χ2v) is 6.73. The fourth-order valence-electron chi connectivity index (χ4n) is 3.03. The van der Waals surface area contributed by atoms with Crippen molar-refractivity contribution in [2.24, 2.45) is 5.10 Å². The number of rotatable bonds is 7. The minimum atomic E-state index is -0.0893. The topological polar surface area (TPSA) is 61.1 Å². The first-order chi connectivity index (χ1) is 13.2. The predicted molar refractivity (Wildman–Crippen MR) is 107 cm³/mol. The highest BCUT2D eigenvalue weighted by atomic mass is 16.3. The van der Waals surface area contributed by atoms with E-state index in [1.807, 2.05) is 31.2 Å². The van der Waals surface area contributed by atoms with Gasteiger partial charge in [-0.3, -0.25) is 14.6 Å². The lowest BCUT2D eigenvalue weighted by atomic mass is 10.2. The number of carbonyl (C=O) groups is 1. The molecule has 1 aliphatic rings. The third kappa shape index (κ3) is 6.51. The molecule has 6 nitrogen and oxygen atoms in total. The van der Waals surface area contributed by atoms with Crippen molar-refractivity contribution in [1.29, 1.82) is 0 Å². The molecule has 1 amide bonds. The maximum atomic E-state index is 12.1. The Hall–Kier alpha value is -2.70. The summed E-state index contributed by atoms with van der Waals surface area (Å²) in [6.45, 7) is 6.96. The normalized spacial score (nSPS) is 16.7. The van der Waals surface area contributed by atoms with Crippen molar-refractivity contribution in [2.75, 3.05) is 32.7 Å². The molecule has 0 bridgehead atoms. The van der Waals surface area contributed by atoms with E-state index in [1.54, 1.807) is 12.5 Å². The minimum absolute atomic E-state index is 0.0893. The molecule has 1 aromatic heterocycles. The van der Waals surface area contributed by atoms with Crippen LogP contribution in [0.25, 0.3) is 6.08 Å². The van der Waals surface area contributed by atoms with Crippen molar-refractivity contribution in [1.82, 2.24) is 15.2 Å². The Morgan fingerprint density at radius 2 is 1.85 bits per heavy atom. The summed E-state index contributed by atoms with van der Waals surface area (Å²) in [5.74, 6) is 0.673. The molecule has 6 heteroatoms. The zero-order valence-corrected chi connectivity index (χ0v) is 15.7. The summed E-state index contributed by atoms with van der Waals surface area (Å²) < 4.78 is 5.24. The van der Waals surface area contributed by atoms with Crippen molar-refractivity contribution >= 4 is 18.2 Å². The number of nitrogens with one attached hydrogen (secondary N) is 1. The quantitative estimate of drug-likeness (QED) is 0.604. The lowest BCUT2D eigenvalue weighted by molar-refractivity contribution is -0.122. The van der Waals surface area contributed by atoms with E-state index in [-0.39, 0.29) is 5.91 Å². The van der Waals surface area contributed by atoms with Gasteiger partial charge in [0.2, 0.25) is 0 Å². The molecule has 142 valence electrons. The molecule has 27 heavy (non-hydrogen) atoms. The molecule has 2 heterocycles. The fraction of sp³-hybridized carbons (Fsp3) is 0.333. The summed E-state index contributed by atoms with van der Waals surface area (Å²) in [6, 6.07) is 14.2. The maximum absolute atomic E-state index is 12.1. The van der Waals surface area contributed by atoms with Gasteiger partial charge in [0.15, 0.2) is 0 Å². The number of benzene rings is 1. The Kier molecular flexibility index (Phi) is 6.96. The van der Waals surface area contributed by atoms with Crippen LogP contribution in [0.2, 0.25) is 0 Å². The third-order valence-electron chi connectivity index (χ3n) is 4.45. The van der Waals surface area contributed by atoms with Crippen LogP contribution in [0, 0.1) is 0 Å². The van der Waals surface area contributed by atoms with Crippen LogP contribution in [0.15, 0.2) is 63.8 Å². The van der Waals surface area contributed by atoms with Crippen LogP contribution in [0.4, 0.5) is 0 Å². The van der Waals surface area contributed by atoms with E-state index < -0.39 is 0 Å². The van der Waals surface area contributed by atoms with Crippen LogP contribution in [0.5, 0.6) is 0 Å². The van der Waals surface area contributed by atoms with Crippen LogP contribution < -0.4 is 5.43 Å². The zero-order chi connectivity index (χ0) is 18.9. The molecule has 3 rings (SSSR count). The largest absolute Gasteiger partial charge is 0.465 e. The van der Waals surface area contributed by atoms with Crippen LogP contribution in [0.3, 0.4) is 0 Å². The first-order valence-corrected chi connectivity index (χ1v) is 9.21. The van der Waals surface area contributed by atoms with Gasteiger partial charge < -0.3 is 4.42 Å². The van der Waals surface area contributed by atoms with Gasteiger partial charge in [0, 0.05) is 32.7 Å². The van der Waals surface area contributed by atoms with Gasteiger partial charge in [0.25, 0.3) is 5.91 Å². The average molecular weight is 366 g/mol. The number of carbonyl (C=O) groups excluding carboxylic acids is 1. The molecule has 0 unspecified atom stereocenters. The number of amides is 1. The molecular formula is C21H26N4O2. The second-order valence-electron chi connectivity index (χ2n) is 6.73. The monoisotopic (exact) mass is 366 g/mol. The molecule has 2 aromatic rings. The van der Waals surface area contributed by atoms with Gasteiger partial charge in [-0.25, -0.2) is 5.43 Å². The van der Waals surface area contributed by atoms with E-state index in [4.69, 9.17) is 4.42 Å². The van der Waals surface area contributed by atoms with E-state index >= 15 is 0 Å². The molecule has 0 atom stereocenters. The summed E-state index contributed by atoms with van der Waals surface area (Å²) in [7, 11) is 0. The van der Waals surface area contributed by atoms with Crippen molar-refractivity contribution in [3.8, 4) is 0 Å². The summed E-state index contributed by atoms with van der Waals surface area (Å²) >= 11 is 0. The Balaban J connectivity index is 1.36. The molecule has 1 aromatic carbocycles. The lowest BCUT2D eigenvalue weighted by Crippen LogP contribution is -2.48. The molecule has 1 saturated heterocycles. The van der Waals surface area contributed by atoms with Gasteiger partial charge in [-0.2, -0.15) is 5.10 Å². The van der Waals surface area contributed by atoms with Crippen molar-refractivity contribution in [3.63, 3.8) is 0 Å². The number of furan rings is 1. The van der Waals surface area contributed by atoms with E-state index in [0.29, 0.717) is 6.54 Å². The van der Waals surface area contributed by atoms with Crippen LogP contribution in [-0.2, 0) is 11.3 Å². The van der Waals surface area contributed by atoms with Crippen molar-refractivity contribution in [2.45, 2.75) is 13.5 Å². The first-order valence-electron chi connectivity index (χ1n) is 9.21. The van der Waals surface area contributed by atoms with Crippen LogP contribution in [0.1, 0.15) is 18.2 Å². The van der Waals surface area contributed by atoms with Gasteiger partial charge in [-0.1, -0.05) is 30.3 Å². The van der Waals surface area contributed by atoms with Crippen LogP contribution >= 0.6 is 0 Å². The van der Waals surface area contributed by atoms with Crippen molar-refractivity contribution < 1.29 is 9.21 Å². The molecule has 0 spiro atoms. The van der Waals surface area contributed by atoms with E-state index in [1.165, 1.54) is 5.56 Å².